The van der Waals surface area contributed by atoms with Crippen LogP contribution in [0.15, 0.2) is 18.2 Å². The number of halogens is 4. The first-order valence-electron chi connectivity index (χ1n) is 7.01. The van der Waals surface area contributed by atoms with Crippen molar-refractivity contribution in [3.63, 3.8) is 0 Å². The summed E-state index contributed by atoms with van der Waals surface area (Å²) in [5, 5.41) is 0.410. The van der Waals surface area contributed by atoms with E-state index in [0.29, 0.717) is 24.0 Å². The number of rotatable bonds is 3. The molecule has 2 atom stereocenters. The minimum Gasteiger partial charge on any atom is -0.375 e. The molecule has 0 aliphatic carbocycles. The highest BCUT2D eigenvalue weighted by Gasteiger charge is 2.37. The molecule has 6 heteroatoms. The molecule has 1 fully saturated rings. The van der Waals surface area contributed by atoms with Gasteiger partial charge in [0, 0.05) is 17.6 Å². The van der Waals surface area contributed by atoms with Gasteiger partial charge in [0.25, 0.3) is 0 Å². The Labute approximate surface area is 131 Å². The van der Waals surface area contributed by atoms with Crippen molar-refractivity contribution in [3.05, 3.63) is 29.3 Å². The average Bonchev–Trinajstić information content (AvgIpc) is 2.45. The van der Waals surface area contributed by atoms with Gasteiger partial charge >= 0.3 is 6.18 Å². The molecular formula is C15H19BrF3NO. The van der Waals surface area contributed by atoms with Gasteiger partial charge in [-0.25, -0.2) is 0 Å². The molecule has 2 rings (SSSR count). The second-order valence-electron chi connectivity index (χ2n) is 5.34. The number of hydrogen-bond acceptors (Lipinski definition) is 2. The molecule has 0 spiro atoms. The molecule has 0 saturated carbocycles. The van der Waals surface area contributed by atoms with Crippen LogP contribution in [0.5, 0.6) is 0 Å². The summed E-state index contributed by atoms with van der Waals surface area (Å²) in [6, 6.07) is 4.54. The lowest BCUT2D eigenvalue weighted by atomic mass is 10.0. The van der Waals surface area contributed by atoms with Crippen LogP contribution in [-0.2, 0) is 16.2 Å². The molecule has 0 radical (unpaired) electrons. The van der Waals surface area contributed by atoms with Gasteiger partial charge in [-0.1, -0.05) is 28.9 Å². The number of benzene rings is 1. The molecule has 1 heterocycles. The highest BCUT2D eigenvalue weighted by Crippen LogP contribution is 2.39. The van der Waals surface area contributed by atoms with E-state index in [0.717, 1.165) is 6.42 Å². The fraction of sp³-hybridized carbons (Fsp3) is 0.600. The normalized spacial score (nSPS) is 23.4. The Morgan fingerprint density at radius 1 is 1.38 bits per heavy atom. The van der Waals surface area contributed by atoms with Crippen molar-refractivity contribution in [2.75, 3.05) is 18.1 Å². The van der Waals surface area contributed by atoms with Crippen LogP contribution < -0.4 is 4.90 Å². The summed E-state index contributed by atoms with van der Waals surface area (Å²) < 4.78 is 45.7. The van der Waals surface area contributed by atoms with Crippen molar-refractivity contribution in [2.45, 2.75) is 43.9 Å². The molecule has 2 unspecified atom stereocenters. The van der Waals surface area contributed by atoms with Gasteiger partial charge in [-0.2, -0.15) is 13.2 Å². The van der Waals surface area contributed by atoms with Crippen LogP contribution in [0.4, 0.5) is 18.9 Å². The van der Waals surface area contributed by atoms with Crippen molar-refractivity contribution in [2.24, 2.45) is 0 Å². The lowest BCUT2D eigenvalue weighted by Crippen LogP contribution is -2.49. The van der Waals surface area contributed by atoms with Crippen LogP contribution in [-0.4, -0.2) is 25.3 Å². The molecule has 2 nitrogen and oxygen atoms in total. The van der Waals surface area contributed by atoms with Crippen LogP contribution in [0.1, 0.15) is 31.4 Å². The van der Waals surface area contributed by atoms with E-state index in [4.69, 9.17) is 4.74 Å². The van der Waals surface area contributed by atoms with E-state index in [1.165, 1.54) is 6.07 Å². The first-order valence-corrected chi connectivity index (χ1v) is 8.13. The van der Waals surface area contributed by atoms with Crippen LogP contribution in [0, 0.1) is 0 Å². The standard InChI is InChI=1S/C15H19BrF3NO/c1-3-12-9-21-10(2)8-20(12)14-5-4-11(7-16)6-13(14)15(17,18)19/h4-6,10,12H,3,7-9H2,1-2H3. The third-order valence-electron chi connectivity index (χ3n) is 3.77. The number of ether oxygens (including phenoxy) is 1. The third-order valence-corrected chi connectivity index (χ3v) is 4.42. The van der Waals surface area contributed by atoms with Crippen molar-refractivity contribution in [1.82, 2.24) is 0 Å². The molecule has 1 aromatic carbocycles. The lowest BCUT2D eigenvalue weighted by molar-refractivity contribution is -0.137. The Kier molecular flexibility index (Phi) is 5.20. The lowest BCUT2D eigenvalue weighted by Gasteiger charge is -2.41. The largest absolute Gasteiger partial charge is 0.418 e. The first-order chi connectivity index (χ1) is 9.86. The quantitative estimate of drug-likeness (QED) is 0.725. The maximum absolute atomic E-state index is 13.4. The summed E-state index contributed by atoms with van der Waals surface area (Å²) >= 11 is 3.21. The summed E-state index contributed by atoms with van der Waals surface area (Å²) in [6.07, 6.45) is -3.66. The van der Waals surface area contributed by atoms with E-state index in [1.54, 1.807) is 12.1 Å². The van der Waals surface area contributed by atoms with Gasteiger partial charge in [0.15, 0.2) is 0 Å². The Morgan fingerprint density at radius 2 is 2.10 bits per heavy atom. The number of morpholine rings is 1. The van der Waals surface area contributed by atoms with Crippen molar-refractivity contribution in [1.29, 1.82) is 0 Å². The zero-order chi connectivity index (χ0) is 15.6. The highest BCUT2D eigenvalue weighted by molar-refractivity contribution is 9.08. The smallest absolute Gasteiger partial charge is 0.375 e. The Hall–Kier alpha value is -0.750. The number of alkyl halides is 4. The van der Waals surface area contributed by atoms with Gasteiger partial charge in [0.2, 0.25) is 0 Å². The molecule has 1 aliphatic heterocycles. The number of hydrogen-bond donors (Lipinski definition) is 0. The molecule has 0 amide bonds. The fourth-order valence-corrected chi connectivity index (χ4v) is 2.97. The van der Waals surface area contributed by atoms with Crippen molar-refractivity contribution in [3.8, 4) is 0 Å². The van der Waals surface area contributed by atoms with E-state index in [1.807, 2.05) is 18.7 Å². The van der Waals surface area contributed by atoms with E-state index in [9.17, 15) is 13.2 Å². The number of anilines is 1. The maximum Gasteiger partial charge on any atom is 0.418 e. The van der Waals surface area contributed by atoms with Crippen LogP contribution in [0.25, 0.3) is 0 Å². The zero-order valence-electron chi connectivity index (χ0n) is 12.1. The summed E-state index contributed by atoms with van der Waals surface area (Å²) in [6.45, 7) is 4.81. The molecule has 0 aromatic heterocycles. The Balaban J connectivity index is 2.45. The molecule has 21 heavy (non-hydrogen) atoms. The monoisotopic (exact) mass is 365 g/mol. The second kappa shape index (κ2) is 6.57. The first kappa shape index (κ1) is 16.6. The Bertz CT molecular complexity index is 492. The van der Waals surface area contributed by atoms with Gasteiger partial charge in [-0.15, -0.1) is 0 Å². The molecule has 1 saturated heterocycles. The van der Waals surface area contributed by atoms with Crippen molar-refractivity contribution < 1.29 is 17.9 Å². The molecule has 1 aromatic rings. The maximum atomic E-state index is 13.4. The van der Waals surface area contributed by atoms with Crippen LogP contribution in [0.2, 0.25) is 0 Å². The second-order valence-corrected chi connectivity index (χ2v) is 5.90. The van der Waals surface area contributed by atoms with Gasteiger partial charge in [-0.05, 0) is 31.0 Å². The van der Waals surface area contributed by atoms with Crippen molar-refractivity contribution >= 4 is 21.6 Å². The van der Waals surface area contributed by atoms with Gasteiger partial charge in [-0.3, -0.25) is 0 Å². The topological polar surface area (TPSA) is 12.5 Å². The molecule has 0 bridgehead atoms. The van der Waals surface area contributed by atoms with E-state index < -0.39 is 11.7 Å². The van der Waals surface area contributed by atoms with Gasteiger partial charge in [0.05, 0.1) is 24.3 Å². The zero-order valence-corrected chi connectivity index (χ0v) is 13.7. The predicted molar refractivity (Wildman–Crippen MR) is 80.9 cm³/mol. The minimum absolute atomic E-state index is 0.0166. The van der Waals surface area contributed by atoms with Crippen LogP contribution in [0.3, 0.4) is 0 Å². The number of nitrogens with zero attached hydrogens (tertiary/aromatic N) is 1. The predicted octanol–water partition coefficient (Wildman–Crippen LogP) is 4.60. The van der Waals surface area contributed by atoms with E-state index >= 15 is 0 Å². The van der Waals surface area contributed by atoms with Gasteiger partial charge < -0.3 is 9.64 Å². The molecular weight excluding hydrogens is 347 g/mol. The highest BCUT2D eigenvalue weighted by atomic mass is 79.9. The fourth-order valence-electron chi connectivity index (χ4n) is 2.62. The summed E-state index contributed by atoms with van der Waals surface area (Å²) in [7, 11) is 0. The summed E-state index contributed by atoms with van der Waals surface area (Å²) in [5.41, 5.74) is 0.321. The minimum atomic E-state index is -4.35. The summed E-state index contributed by atoms with van der Waals surface area (Å²) in [4.78, 5) is 1.84. The molecule has 0 N–H and O–H groups in total. The molecule has 118 valence electrons. The van der Waals surface area contributed by atoms with Crippen LogP contribution >= 0.6 is 15.9 Å². The van der Waals surface area contributed by atoms with E-state index in [2.05, 4.69) is 15.9 Å². The molecule has 1 aliphatic rings. The summed E-state index contributed by atoms with van der Waals surface area (Å²) in [5.74, 6) is 0. The van der Waals surface area contributed by atoms with E-state index in [-0.39, 0.29) is 17.8 Å². The average molecular weight is 366 g/mol. The van der Waals surface area contributed by atoms with Gasteiger partial charge in [0.1, 0.15) is 0 Å². The SMILES string of the molecule is CCC1COC(C)CN1c1ccc(CBr)cc1C(F)(F)F. The third kappa shape index (κ3) is 3.72. The Morgan fingerprint density at radius 3 is 2.67 bits per heavy atom.